The van der Waals surface area contributed by atoms with Crippen LogP contribution in [-0.2, 0) is 16.0 Å². The Morgan fingerprint density at radius 1 is 1.26 bits per heavy atom. The lowest BCUT2D eigenvalue weighted by Crippen LogP contribution is -2.37. The first kappa shape index (κ1) is 17.6. The number of ether oxygens (including phenoxy) is 1. The third kappa shape index (κ3) is 3.56. The zero-order valence-electron chi connectivity index (χ0n) is 14.9. The van der Waals surface area contributed by atoms with Crippen molar-refractivity contribution in [1.29, 1.82) is 0 Å². The van der Waals surface area contributed by atoms with Crippen LogP contribution in [0.1, 0.15) is 21.8 Å². The van der Waals surface area contributed by atoms with E-state index in [4.69, 9.17) is 4.74 Å². The fourth-order valence-electron chi connectivity index (χ4n) is 3.27. The van der Waals surface area contributed by atoms with E-state index < -0.39 is 0 Å². The molecule has 0 atom stereocenters. The summed E-state index contributed by atoms with van der Waals surface area (Å²) in [5, 5.41) is 3.32. The fourth-order valence-corrected chi connectivity index (χ4v) is 4.13. The maximum atomic E-state index is 12.6. The van der Waals surface area contributed by atoms with Crippen LogP contribution >= 0.6 is 11.3 Å². The molecule has 1 N–H and O–H groups in total. The molecule has 0 saturated heterocycles. The van der Waals surface area contributed by atoms with Gasteiger partial charge in [0.05, 0.1) is 10.2 Å². The number of thiazole rings is 1. The summed E-state index contributed by atoms with van der Waals surface area (Å²) in [4.78, 5) is 31.0. The van der Waals surface area contributed by atoms with Crippen LogP contribution in [0.2, 0.25) is 0 Å². The van der Waals surface area contributed by atoms with E-state index in [1.54, 1.807) is 4.90 Å². The van der Waals surface area contributed by atoms with Gasteiger partial charge in [-0.3, -0.25) is 9.59 Å². The minimum absolute atomic E-state index is 0.0434. The minimum Gasteiger partial charge on any atom is -0.375 e. The number of aromatic nitrogens is 1. The molecule has 6 nitrogen and oxygen atoms in total. The second kappa shape index (κ2) is 7.46. The van der Waals surface area contributed by atoms with Gasteiger partial charge in [-0.2, -0.15) is 0 Å². The lowest BCUT2D eigenvalue weighted by molar-refractivity contribution is -0.122. The van der Waals surface area contributed by atoms with Crippen LogP contribution in [0.3, 0.4) is 0 Å². The maximum Gasteiger partial charge on any atom is 0.284 e. The Labute approximate surface area is 160 Å². The van der Waals surface area contributed by atoms with Crippen molar-refractivity contribution in [3.05, 3.63) is 53.0 Å². The summed E-state index contributed by atoms with van der Waals surface area (Å²) in [6.45, 7) is 0.701. The van der Waals surface area contributed by atoms with Crippen LogP contribution in [0, 0.1) is 0 Å². The van der Waals surface area contributed by atoms with Crippen LogP contribution in [-0.4, -0.2) is 37.1 Å². The number of methoxy groups -OCH3 is 1. The molecule has 2 aromatic carbocycles. The number of fused-ring (bicyclic) bond motifs is 2. The third-order valence-electron chi connectivity index (χ3n) is 4.52. The molecular formula is C20H19N3O3S. The highest BCUT2D eigenvalue weighted by Gasteiger charge is 2.23. The number of aryl methyl sites for hydroxylation is 1. The number of nitrogens with one attached hydrogen (secondary N) is 1. The molecule has 1 aliphatic heterocycles. The highest BCUT2D eigenvalue weighted by Crippen LogP contribution is 2.31. The van der Waals surface area contributed by atoms with E-state index >= 15 is 0 Å². The molecule has 2 amide bonds. The number of nitrogens with zero attached hydrogens (tertiary/aromatic N) is 2. The van der Waals surface area contributed by atoms with Gasteiger partial charge in [0.2, 0.25) is 0 Å². The van der Waals surface area contributed by atoms with Gasteiger partial charge in [0.25, 0.3) is 11.8 Å². The number of benzene rings is 2. The maximum absolute atomic E-state index is 12.6. The van der Waals surface area contributed by atoms with Crippen LogP contribution in [0.5, 0.6) is 0 Å². The van der Waals surface area contributed by atoms with Gasteiger partial charge in [-0.25, -0.2) is 4.98 Å². The number of carbonyl (C=O) groups is 2. The van der Waals surface area contributed by atoms with Gasteiger partial charge in [0, 0.05) is 25.0 Å². The van der Waals surface area contributed by atoms with Crippen molar-refractivity contribution < 1.29 is 14.3 Å². The highest BCUT2D eigenvalue weighted by atomic mass is 32.1. The second-order valence-corrected chi connectivity index (χ2v) is 7.40. The molecule has 3 aromatic rings. The quantitative estimate of drug-likeness (QED) is 0.751. The normalized spacial score (nSPS) is 13.4. The predicted molar refractivity (Wildman–Crippen MR) is 107 cm³/mol. The van der Waals surface area contributed by atoms with Crippen molar-refractivity contribution in [2.45, 2.75) is 12.8 Å². The Hall–Kier alpha value is -2.77. The molecule has 0 radical (unpaired) electrons. The monoisotopic (exact) mass is 381 g/mol. The third-order valence-corrected chi connectivity index (χ3v) is 5.55. The van der Waals surface area contributed by atoms with Crippen molar-refractivity contribution in [3.8, 4) is 0 Å². The molecule has 7 heteroatoms. The Balaban J connectivity index is 1.58. The van der Waals surface area contributed by atoms with Crippen molar-refractivity contribution >= 4 is 44.7 Å². The summed E-state index contributed by atoms with van der Waals surface area (Å²) in [7, 11) is 1.51. The number of hydrogen-bond acceptors (Lipinski definition) is 5. The summed E-state index contributed by atoms with van der Waals surface area (Å²) in [6, 6.07) is 13.4. The number of carbonyl (C=O) groups excluding carboxylic acids is 2. The van der Waals surface area contributed by atoms with Gasteiger partial charge in [0.15, 0.2) is 5.01 Å². The number of anilines is 2. The van der Waals surface area contributed by atoms with Crippen molar-refractivity contribution in [1.82, 2.24) is 4.98 Å². The minimum atomic E-state index is -0.248. The Bertz CT molecular complexity index is 982. The van der Waals surface area contributed by atoms with E-state index in [1.807, 2.05) is 42.5 Å². The summed E-state index contributed by atoms with van der Waals surface area (Å²) in [6.07, 6.45) is 1.83. The number of rotatable bonds is 4. The van der Waals surface area contributed by atoms with E-state index in [9.17, 15) is 9.59 Å². The molecule has 138 valence electrons. The van der Waals surface area contributed by atoms with Crippen LogP contribution in [0.25, 0.3) is 10.2 Å². The summed E-state index contributed by atoms with van der Waals surface area (Å²) >= 11 is 1.36. The van der Waals surface area contributed by atoms with Crippen LogP contribution in [0.4, 0.5) is 11.4 Å². The van der Waals surface area contributed by atoms with E-state index in [2.05, 4.69) is 10.3 Å². The second-order valence-electron chi connectivity index (χ2n) is 6.37. The lowest BCUT2D eigenvalue weighted by atomic mass is 10.0. The van der Waals surface area contributed by atoms with Gasteiger partial charge in [-0.1, -0.05) is 18.2 Å². The van der Waals surface area contributed by atoms with Gasteiger partial charge in [-0.15, -0.1) is 11.3 Å². The Morgan fingerprint density at radius 3 is 2.93 bits per heavy atom. The molecule has 0 fully saturated rings. The van der Waals surface area contributed by atoms with Gasteiger partial charge in [0.1, 0.15) is 6.61 Å². The zero-order chi connectivity index (χ0) is 18.8. The van der Waals surface area contributed by atoms with E-state index in [-0.39, 0.29) is 18.4 Å². The molecule has 2 heterocycles. The zero-order valence-corrected chi connectivity index (χ0v) is 15.7. The molecule has 0 unspecified atom stereocenters. The first-order valence-electron chi connectivity index (χ1n) is 8.75. The Kier molecular flexibility index (Phi) is 4.87. The molecule has 0 saturated carbocycles. The fraction of sp³-hybridized carbons (Fsp3) is 0.250. The predicted octanol–water partition coefficient (Wildman–Crippen LogP) is 3.47. The largest absolute Gasteiger partial charge is 0.375 e. The molecule has 27 heavy (non-hydrogen) atoms. The van der Waals surface area contributed by atoms with Crippen LogP contribution in [0.15, 0.2) is 42.5 Å². The smallest absolute Gasteiger partial charge is 0.284 e. The standard InChI is InChI=1S/C20H19N3O3S/c1-26-12-18(24)23-10-4-5-13-8-9-14(11-16(13)23)21-19(25)20-22-15-6-2-3-7-17(15)27-20/h2-3,6-9,11H,4-5,10,12H2,1H3,(H,21,25). The first-order valence-corrected chi connectivity index (χ1v) is 9.56. The SMILES string of the molecule is COCC(=O)N1CCCc2ccc(NC(=O)c3nc4ccccc4s3)cc21. The summed E-state index contributed by atoms with van der Waals surface area (Å²) in [5.74, 6) is -0.324. The molecule has 4 rings (SSSR count). The van der Waals surface area contributed by atoms with Crippen molar-refractivity contribution in [2.24, 2.45) is 0 Å². The Morgan fingerprint density at radius 2 is 2.11 bits per heavy atom. The number of amides is 2. The number of para-hydroxylation sites is 1. The van der Waals surface area contributed by atoms with Crippen molar-refractivity contribution in [3.63, 3.8) is 0 Å². The van der Waals surface area contributed by atoms with Gasteiger partial charge >= 0.3 is 0 Å². The van der Waals surface area contributed by atoms with E-state index in [0.29, 0.717) is 17.2 Å². The average molecular weight is 381 g/mol. The summed E-state index contributed by atoms with van der Waals surface area (Å²) in [5.41, 5.74) is 3.40. The van der Waals surface area contributed by atoms with Gasteiger partial charge in [-0.05, 0) is 42.7 Å². The molecule has 1 aliphatic rings. The summed E-state index contributed by atoms with van der Waals surface area (Å²) < 4.78 is 5.96. The molecule has 1 aromatic heterocycles. The molecule has 0 spiro atoms. The van der Waals surface area contributed by atoms with Gasteiger partial charge < -0.3 is 15.0 Å². The van der Waals surface area contributed by atoms with Crippen LogP contribution < -0.4 is 10.2 Å². The van der Waals surface area contributed by atoms with E-state index in [1.165, 1.54) is 18.4 Å². The number of hydrogen-bond donors (Lipinski definition) is 1. The topological polar surface area (TPSA) is 71.5 Å². The molecule has 0 aliphatic carbocycles. The van der Waals surface area contributed by atoms with E-state index in [0.717, 1.165) is 34.3 Å². The average Bonchev–Trinajstić information content (AvgIpc) is 3.12. The molecule has 0 bridgehead atoms. The van der Waals surface area contributed by atoms with Crippen molar-refractivity contribution in [2.75, 3.05) is 30.5 Å². The first-order chi connectivity index (χ1) is 13.2. The highest BCUT2D eigenvalue weighted by molar-refractivity contribution is 7.20. The molecular weight excluding hydrogens is 362 g/mol. The lowest BCUT2D eigenvalue weighted by Gasteiger charge is -2.29.